The molecule has 3 heterocycles. The van der Waals surface area contributed by atoms with E-state index in [4.69, 9.17) is 4.98 Å². The zero-order valence-corrected chi connectivity index (χ0v) is 12.0. The molecule has 4 nitrogen and oxygen atoms in total. The van der Waals surface area contributed by atoms with Crippen LogP contribution in [0.3, 0.4) is 0 Å². The van der Waals surface area contributed by atoms with Crippen molar-refractivity contribution in [1.29, 1.82) is 0 Å². The fourth-order valence-electron chi connectivity index (χ4n) is 1.97. The third-order valence-electron chi connectivity index (χ3n) is 2.71. The average molecular weight is 272 g/mol. The zero-order chi connectivity index (χ0) is 13.5. The average Bonchev–Trinajstić information content (AvgIpc) is 2.92. The second-order valence-corrected chi connectivity index (χ2v) is 6.35. The molecule has 0 amide bonds. The molecule has 0 aliphatic carbocycles. The summed E-state index contributed by atoms with van der Waals surface area (Å²) in [6.07, 6.45) is 5.64. The minimum absolute atomic E-state index is 0.0142. The Labute approximate surface area is 116 Å². The molecule has 3 rings (SSSR count). The standard InChI is InChI=1S/C14H16N4S/c1-14(2,3)17-12-11(10-4-6-15-7-5-10)16-13-18(12)8-9-19-13/h4-9,17H,1-3H3. The Morgan fingerprint density at radius 3 is 2.63 bits per heavy atom. The summed E-state index contributed by atoms with van der Waals surface area (Å²) in [5.74, 6) is 1.04. The van der Waals surface area contributed by atoms with Crippen LogP contribution in [0.1, 0.15) is 20.8 Å². The van der Waals surface area contributed by atoms with Crippen LogP contribution in [-0.4, -0.2) is 19.9 Å². The second-order valence-electron chi connectivity index (χ2n) is 5.48. The first kappa shape index (κ1) is 12.2. The molecule has 0 saturated carbocycles. The largest absolute Gasteiger partial charge is 0.365 e. The van der Waals surface area contributed by atoms with E-state index in [0.29, 0.717) is 0 Å². The lowest BCUT2D eigenvalue weighted by molar-refractivity contribution is 0.630. The highest BCUT2D eigenvalue weighted by atomic mass is 32.1. The summed E-state index contributed by atoms with van der Waals surface area (Å²) < 4.78 is 2.10. The number of hydrogen-bond donors (Lipinski definition) is 1. The summed E-state index contributed by atoms with van der Waals surface area (Å²) in [7, 11) is 0. The van der Waals surface area contributed by atoms with Crippen LogP contribution >= 0.6 is 11.3 Å². The van der Waals surface area contributed by atoms with Gasteiger partial charge in [-0.15, -0.1) is 11.3 Å². The smallest absolute Gasteiger partial charge is 0.195 e. The normalized spacial score (nSPS) is 11.9. The van der Waals surface area contributed by atoms with Gasteiger partial charge >= 0.3 is 0 Å². The van der Waals surface area contributed by atoms with Crippen molar-refractivity contribution in [3.63, 3.8) is 0 Å². The van der Waals surface area contributed by atoms with Gasteiger partial charge in [0.05, 0.1) is 0 Å². The fourth-order valence-corrected chi connectivity index (χ4v) is 2.69. The maximum absolute atomic E-state index is 4.72. The summed E-state index contributed by atoms with van der Waals surface area (Å²) in [6, 6.07) is 3.97. The number of anilines is 1. The van der Waals surface area contributed by atoms with Crippen molar-refractivity contribution in [3.8, 4) is 11.3 Å². The van der Waals surface area contributed by atoms with Gasteiger partial charge in [0.1, 0.15) is 11.5 Å². The van der Waals surface area contributed by atoms with Crippen molar-refractivity contribution in [3.05, 3.63) is 36.1 Å². The predicted octanol–water partition coefficient (Wildman–Crippen LogP) is 3.67. The number of fused-ring (bicyclic) bond motifs is 1. The Hall–Kier alpha value is -1.88. The van der Waals surface area contributed by atoms with Gasteiger partial charge in [-0.25, -0.2) is 4.98 Å². The van der Waals surface area contributed by atoms with E-state index < -0.39 is 0 Å². The lowest BCUT2D eigenvalue weighted by atomic mass is 10.1. The molecule has 0 atom stereocenters. The van der Waals surface area contributed by atoms with E-state index in [0.717, 1.165) is 22.0 Å². The minimum Gasteiger partial charge on any atom is -0.365 e. The summed E-state index contributed by atoms with van der Waals surface area (Å²) in [5, 5.41) is 5.59. The van der Waals surface area contributed by atoms with Crippen molar-refractivity contribution in [2.45, 2.75) is 26.3 Å². The Morgan fingerprint density at radius 1 is 1.21 bits per heavy atom. The van der Waals surface area contributed by atoms with Crippen molar-refractivity contribution in [2.75, 3.05) is 5.32 Å². The molecule has 1 N–H and O–H groups in total. The molecule has 0 bridgehead atoms. The van der Waals surface area contributed by atoms with E-state index in [1.54, 1.807) is 23.7 Å². The molecular formula is C14H16N4S. The van der Waals surface area contributed by atoms with E-state index in [1.165, 1.54) is 0 Å². The number of nitrogens with zero attached hydrogens (tertiary/aromatic N) is 3. The first-order valence-electron chi connectivity index (χ1n) is 6.19. The molecule has 98 valence electrons. The van der Waals surface area contributed by atoms with Crippen LogP contribution < -0.4 is 5.32 Å². The number of nitrogens with one attached hydrogen (secondary N) is 1. The third-order valence-corrected chi connectivity index (χ3v) is 3.47. The molecule has 0 aliphatic rings. The van der Waals surface area contributed by atoms with Crippen molar-refractivity contribution >= 4 is 22.1 Å². The van der Waals surface area contributed by atoms with E-state index >= 15 is 0 Å². The molecule has 0 unspecified atom stereocenters. The first-order valence-corrected chi connectivity index (χ1v) is 7.07. The quantitative estimate of drug-likeness (QED) is 0.774. The summed E-state index contributed by atoms with van der Waals surface area (Å²) in [4.78, 5) is 9.78. The molecule has 0 spiro atoms. The van der Waals surface area contributed by atoms with E-state index in [-0.39, 0.29) is 5.54 Å². The molecule has 0 aliphatic heterocycles. The second kappa shape index (κ2) is 4.35. The maximum Gasteiger partial charge on any atom is 0.195 e. The fraction of sp³-hybridized carbons (Fsp3) is 0.286. The van der Waals surface area contributed by atoms with Gasteiger partial charge in [-0.1, -0.05) is 0 Å². The van der Waals surface area contributed by atoms with E-state index in [2.05, 4.69) is 35.5 Å². The summed E-state index contributed by atoms with van der Waals surface area (Å²) in [5.41, 5.74) is 2.04. The number of thiazole rings is 1. The van der Waals surface area contributed by atoms with Crippen molar-refractivity contribution < 1.29 is 0 Å². The zero-order valence-electron chi connectivity index (χ0n) is 11.2. The van der Waals surface area contributed by atoms with Crippen LogP contribution in [0.25, 0.3) is 16.2 Å². The van der Waals surface area contributed by atoms with Crippen LogP contribution in [0.4, 0.5) is 5.82 Å². The van der Waals surface area contributed by atoms with Gasteiger partial charge < -0.3 is 5.32 Å². The summed E-state index contributed by atoms with van der Waals surface area (Å²) >= 11 is 1.64. The van der Waals surface area contributed by atoms with Crippen molar-refractivity contribution in [2.24, 2.45) is 0 Å². The SMILES string of the molecule is CC(C)(C)Nc1c(-c2ccncc2)nc2sccn12. The third kappa shape index (κ3) is 2.33. The molecule has 19 heavy (non-hydrogen) atoms. The van der Waals surface area contributed by atoms with E-state index in [1.807, 2.05) is 23.7 Å². The molecular weight excluding hydrogens is 256 g/mol. The molecule has 0 aromatic carbocycles. The molecule has 0 fully saturated rings. The van der Waals surface area contributed by atoms with Crippen LogP contribution in [0.5, 0.6) is 0 Å². The van der Waals surface area contributed by atoms with Crippen LogP contribution in [0.15, 0.2) is 36.1 Å². The lowest BCUT2D eigenvalue weighted by Gasteiger charge is -2.22. The Kier molecular flexibility index (Phi) is 2.78. The van der Waals surface area contributed by atoms with E-state index in [9.17, 15) is 0 Å². The topological polar surface area (TPSA) is 42.2 Å². The molecule has 3 aromatic heterocycles. The van der Waals surface area contributed by atoms with Crippen LogP contribution in [-0.2, 0) is 0 Å². The van der Waals surface area contributed by atoms with Crippen LogP contribution in [0, 0.1) is 0 Å². The predicted molar refractivity (Wildman–Crippen MR) is 79.7 cm³/mol. The van der Waals surface area contributed by atoms with Crippen LogP contribution in [0.2, 0.25) is 0 Å². The number of imidazole rings is 1. The van der Waals surface area contributed by atoms with Gasteiger partial charge in [0, 0.05) is 35.1 Å². The molecule has 0 radical (unpaired) electrons. The number of pyridine rings is 1. The Balaban J connectivity index is 2.18. The van der Waals surface area contributed by atoms with Gasteiger partial charge in [0.15, 0.2) is 4.96 Å². The van der Waals surface area contributed by atoms with Gasteiger partial charge in [-0.3, -0.25) is 9.38 Å². The number of rotatable bonds is 2. The lowest BCUT2D eigenvalue weighted by Crippen LogP contribution is -2.27. The van der Waals surface area contributed by atoms with Gasteiger partial charge in [0.2, 0.25) is 0 Å². The number of aromatic nitrogens is 3. The highest BCUT2D eigenvalue weighted by Crippen LogP contribution is 2.31. The molecule has 0 saturated heterocycles. The highest BCUT2D eigenvalue weighted by Gasteiger charge is 2.19. The van der Waals surface area contributed by atoms with Crippen molar-refractivity contribution in [1.82, 2.24) is 14.4 Å². The van der Waals surface area contributed by atoms with Gasteiger partial charge in [-0.2, -0.15) is 0 Å². The monoisotopic (exact) mass is 272 g/mol. The Bertz CT molecular complexity index is 691. The molecule has 3 aromatic rings. The first-order chi connectivity index (χ1) is 9.04. The van der Waals surface area contributed by atoms with Gasteiger partial charge in [-0.05, 0) is 32.9 Å². The summed E-state index contributed by atoms with van der Waals surface area (Å²) in [6.45, 7) is 6.44. The number of hydrogen-bond acceptors (Lipinski definition) is 4. The maximum atomic E-state index is 4.72. The van der Waals surface area contributed by atoms with Gasteiger partial charge in [0.25, 0.3) is 0 Å². The Morgan fingerprint density at radius 2 is 1.95 bits per heavy atom. The highest BCUT2D eigenvalue weighted by molar-refractivity contribution is 7.15. The minimum atomic E-state index is -0.0142. The molecule has 5 heteroatoms.